The molecule has 1 N–H and O–H groups in total. The first-order valence-corrected chi connectivity index (χ1v) is 8.60. The van der Waals surface area contributed by atoms with E-state index < -0.39 is 18.0 Å². The van der Waals surface area contributed by atoms with Crippen LogP contribution < -0.4 is 14.8 Å². The minimum atomic E-state index is -1.00. The van der Waals surface area contributed by atoms with Crippen LogP contribution in [0.2, 0.25) is 0 Å². The number of anilines is 1. The van der Waals surface area contributed by atoms with Crippen LogP contribution in [0.1, 0.15) is 17.3 Å². The van der Waals surface area contributed by atoms with Gasteiger partial charge in [0.05, 0.1) is 31.0 Å². The molecular formula is C21H20N2O5. The number of ether oxygens (including phenoxy) is 3. The maximum Gasteiger partial charge on any atom is 0.339 e. The van der Waals surface area contributed by atoms with Crippen molar-refractivity contribution < 1.29 is 23.8 Å². The highest BCUT2D eigenvalue weighted by Crippen LogP contribution is 2.24. The average Bonchev–Trinajstić information content (AvgIpc) is 2.73. The summed E-state index contributed by atoms with van der Waals surface area (Å²) in [7, 11) is 2.97. The van der Waals surface area contributed by atoms with Gasteiger partial charge in [-0.2, -0.15) is 0 Å². The van der Waals surface area contributed by atoms with Gasteiger partial charge in [0, 0.05) is 17.6 Å². The van der Waals surface area contributed by atoms with Crippen LogP contribution in [0.4, 0.5) is 5.69 Å². The zero-order valence-electron chi connectivity index (χ0n) is 15.8. The molecule has 1 aromatic heterocycles. The Balaban J connectivity index is 1.73. The van der Waals surface area contributed by atoms with Crippen LogP contribution in [0.5, 0.6) is 11.5 Å². The Kier molecular flexibility index (Phi) is 5.74. The molecule has 28 heavy (non-hydrogen) atoms. The number of nitrogens with one attached hydrogen (secondary N) is 1. The van der Waals surface area contributed by atoms with Gasteiger partial charge >= 0.3 is 5.97 Å². The number of hydrogen-bond donors (Lipinski definition) is 1. The normalized spacial score (nSPS) is 11.5. The van der Waals surface area contributed by atoms with E-state index in [4.69, 9.17) is 14.2 Å². The first-order chi connectivity index (χ1) is 13.5. The van der Waals surface area contributed by atoms with Gasteiger partial charge in [-0.1, -0.05) is 6.07 Å². The lowest BCUT2D eigenvalue weighted by atomic mass is 10.1. The zero-order chi connectivity index (χ0) is 20.1. The summed E-state index contributed by atoms with van der Waals surface area (Å²) >= 11 is 0. The summed E-state index contributed by atoms with van der Waals surface area (Å²) in [5, 5.41) is 3.58. The Morgan fingerprint density at radius 2 is 1.71 bits per heavy atom. The van der Waals surface area contributed by atoms with Gasteiger partial charge in [0.15, 0.2) is 6.10 Å². The predicted molar refractivity (Wildman–Crippen MR) is 105 cm³/mol. The molecule has 0 bridgehead atoms. The van der Waals surface area contributed by atoms with Crippen molar-refractivity contribution >= 4 is 28.5 Å². The van der Waals surface area contributed by atoms with Crippen LogP contribution in [0, 0.1) is 0 Å². The molecule has 1 unspecified atom stereocenters. The number of aromatic nitrogens is 1. The van der Waals surface area contributed by atoms with Crippen molar-refractivity contribution in [3.05, 3.63) is 60.3 Å². The number of pyridine rings is 1. The van der Waals surface area contributed by atoms with Crippen molar-refractivity contribution in [3.63, 3.8) is 0 Å². The van der Waals surface area contributed by atoms with Gasteiger partial charge in [0.2, 0.25) is 0 Å². The number of fused-ring (bicyclic) bond motifs is 1. The Labute approximate surface area is 162 Å². The Hall–Kier alpha value is -3.61. The van der Waals surface area contributed by atoms with Gasteiger partial charge in [0.25, 0.3) is 5.91 Å². The summed E-state index contributed by atoms with van der Waals surface area (Å²) in [4.78, 5) is 29.2. The summed E-state index contributed by atoms with van der Waals surface area (Å²) < 4.78 is 15.6. The number of nitrogens with zero attached hydrogens (tertiary/aromatic N) is 1. The number of benzene rings is 2. The third kappa shape index (κ3) is 4.20. The molecular weight excluding hydrogens is 360 g/mol. The number of hydrogen-bond acceptors (Lipinski definition) is 6. The van der Waals surface area contributed by atoms with Gasteiger partial charge in [0.1, 0.15) is 11.5 Å². The second kappa shape index (κ2) is 8.39. The van der Waals surface area contributed by atoms with Crippen molar-refractivity contribution in [1.29, 1.82) is 0 Å². The molecule has 0 aliphatic rings. The van der Waals surface area contributed by atoms with Crippen LogP contribution in [0.3, 0.4) is 0 Å². The highest BCUT2D eigenvalue weighted by molar-refractivity contribution is 6.03. The molecule has 0 saturated heterocycles. The van der Waals surface area contributed by atoms with Crippen LogP contribution in [0.15, 0.2) is 54.7 Å². The summed E-state index contributed by atoms with van der Waals surface area (Å²) in [6.07, 6.45) is 0.678. The van der Waals surface area contributed by atoms with E-state index in [2.05, 4.69) is 10.3 Å². The molecule has 0 radical (unpaired) electrons. The molecule has 7 heteroatoms. The second-order valence-corrected chi connectivity index (χ2v) is 6.01. The van der Waals surface area contributed by atoms with E-state index in [-0.39, 0.29) is 5.56 Å². The molecule has 3 aromatic rings. The molecule has 144 valence electrons. The maximum atomic E-state index is 12.5. The second-order valence-electron chi connectivity index (χ2n) is 6.01. The monoisotopic (exact) mass is 380 g/mol. The van der Waals surface area contributed by atoms with Crippen molar-refractivity contribution in [1.82, 2.24) is 4.98 Å². The van der Waals surface area contributed by atoms with Crippen LogP contribution >= 0.6 is 0 Å². The molecule has 1 atom stereocenters. The van der Waals surface area contributed by atoms with Gasteiger partial charge < -0.3 is 19.5 Å². The summed E-state index contributed by atoms with van der Waals surface area (Å²) in [6.45, 7) is 1.51. The lowest BCUT2D eigenvalue weighted by Gasteiger charge is -2.15. The maximum absolute atomic E-state index is 12.5. The van der Waals surface area contributed by atoms with Gasteiger partial charge in [-0.25, -0.2) is 4.79 Å². The molecule has 7 nitrogen and oxygen atoms in total. The van der Waals surface area contributed by atoms with Crippen molar-refractivity contribution in [3.8, 4) is 11.5 Å². The Morgan fingerprint density at radius 1 is 1.00 bits per heavy atom. The summed E-state index contributed by atoms with van der Waals surface area (Å²) in [5.74, 6) is -0.197. The molecule has 1 heterocycles. The molecule has 0 spiro atoms. The van der Waals surface area contributed by atoms with Gasteiger partial charge in [-0.3, -0.25) is 9.78 Å². The highest BCUT2D eigenvalue weighted by atomic mass is 16.5. The third-order valence-electron chi connectivity index (χ3n) is 4.14. The average molecular weight is 380 g/mol. The number of rotatable bonds is 6. The molecule has 3 rings (SSSR count). The lowest BCUT2D eigenvalue weighted by Crippen LogP contribution is -2.30. The van der Waals surface area contributed by atoms with Crippen molar-refractivity contribution in [2.45, 2.75) is 13.0 Å². The van der Waals surface area contributed by atoms with E-state index >= 15 is 0 Å². The fraction of sp³-hybridized carbons (Fsp3) is 0.190. The van der Waals surface area contributed by atoms with E-state index in [1.54, 1.807) is 30.5 Å². The van der Waals surface area contributed by atoms with E-state index in [1.165, 1.54) is 33.3 Å². The van der Waals surface area contributed by atoms with Crippen LogP contribution in [0.25, 0.3) is 10.9 Å². The Morgan fingerprint density at radius 3 is 2.39 bits per heavy atom. The first-order valence-electron chi connectivity index (χ1n) is 8.60. The highest BCUT2D eigenvalue weighted by Gasteiger charge is 2.21. The fourth-order valence-electron chi connectivity index (χ4n) is 2.65. The van der Waals surface area contributed by atoms with E-state index in [0.29, 0.717) is 17.2 Å². The smallest absolute Gasteiger partial charge is 0.339 e. The number of amides is 1. The quantitative estimate of drug-likeness (QED) is 0.659. The first kappa shape index (κ1) is 19.2. The van der Waals surface area contributed by atoms with Gasteiger partial charge in [-0.15, -0.1) is 0 Å². The van der Waals surface area contributed by atoms with E-state index in [1.807, 2.05) is 12.1 Å². The standard InChI is InChI=1S/C21H20N2O5/c1-13(28-21(25)14-10-15(26-2)12-16(11-14)27-3)20(24)23-19-8-4-7-18-17(19)6-5-9-22-18/h4-13H,1-3H3,(H,23,24). The predicted octanol–water partition coefficient (Wildman–Crippen LogP) is 3.44. The van der Waals surface area contributed by atoms with Crippen LogP contribution in [-0.2, 0) is 9.53 Å². The minimum Gasteiger partial charge on any atom is -0.497 e. The van der Waals surface area contributed by atoms with Crippen LogP contribution in [-0.4, -0.2) is 37.2 Å². The topological polar surface area (TPSA) is 86.8 Å². The van der Waals surface area contributed by atoms with Crippen molar-refractivity contribution in [2.24, 2.45) is 0 Å². The Bertz CT molecular complexity index is 991. The van der Waals surface area contributed by atoms with Crippen molar-refractivity contribution in [2.75, 3.05) is 19.5 Å². The third-order valence-corrected chi connectivity index (χ3v) is 4.14. The van der Waals surface area contributed by atoms with E-state index in [9.17, 15) is 9.59 Å². The molecule has 0 saturated carbocycles. The largest absolute Gasteiger partial charge is 0.497 e. The fourth-order valence-corrected chi connectivity index (χ4v) is 2.65. The number of carbonyl (C=O) groups excluding carboxylic acids is 2. The minimum absolute atomic E-state index is 0.227. The molecule has 0 aliphatic carbocycles. The molecule has 0 fully saturated rings. The SMILES string of the molecule is COc1cc(OC)cc(C(=O)OC(C)C(=O)Nc2cccc3ncccc23)c1. The summed E-state index contributed by atoms with van der Waals surface area (Å²) in [6, 6.07) is 13.7. The lowest BCUT2D eigenvalue weighted by molar-refractivity contribution is -0.123. The molecule has 0 aliphatic heterocycles. The van der Waals surface area contributed by atoms with Gasteiger partial charge in [-0.05, 0) is 43.3 Å². The number of carbonyl (C=O) groups is 2. The number of esters is 1. The van der Waals surface area contributed by atoms with E-state index in [0.717, 1.165) is 10.9 Å². The molecule has 2 aromatic carbocycles. The zero-order valence-corrected chi connectivity index (χ0v) is 15.8. The number of methoxy groups -OCH3 is 2. The molecule has 1 amide bonds. The summed E-state index contributed by atoms with van der Waals surface area (Å²) in [5.41, 5.74) is 1.58.